The average molecular weight is 423 g/mol. The topological polar surface area (TPSA) is 73.4 Å². The lowest BCUT2D eigenvalue weighted by molar-refractivity contribution is 0.122. The molecule has 8 heteroatoms. The highest BCUT2D eigenvalue weighted by molar-refractivity contribution is 5.66. The molecule has 0 bridgehead atoms. The number of pyridine rings is 1. The summed E-state index contributed by atoms with van der Waals surface area (Å²) in [7, 11) is 0. The van der Waals surface area contributed by atoms with Crippen LogP contribution in [0.1, 0.15) is 0 Å². The molecule has 0 amide bonds. The molecule has 0 saturated carbocycles. The van der Waals surface area contributed by atoms with Crippen LogP contribution in [0.25, 0.3) is 34.0 Å². The number of aromatic nitrogens is 6. The normalized spacial score (nSPS) is 14.2. The van der Waals surface area contributed by atoms with Gasteiger partial charge >= 0.3 is 0 Å². The van der Waals surface area contributed by atoms with Crippen molar-refractivity contribution in [2.24, 2.45) is 0 Å². The summed E-state index contributed by atoms with van der Waals surface area (Å²) in [4.78, 5) is 11.3. The Morgan fingerprint density at radius 1 is 0.781 bits per heavy atom. The Hall–Kier alpha value is -4.04. The molecule has 32 heavy (non-hydrogen) atoms. The molecule has 1 aliphatic rings. The maximum absolute atomic E-state index is 5.56. The summed E-state index contributed by atoms with van der Waals surface area (Å²) in [5, 5.41) is 9.64. The molecule has 5 aromatic rings. The van der Waals surface area contributed by atoms with Crippen LogP contribution in [0.4, 0.5) is 5.82 Å². The zero-order chi connectivity index (χ0) is 21.3. The number of benzene rings is 1. The van der Waals surface area contributed by atoms with Crippen molar-refractivity contribution in [2.75, 3.05) is 31.2 Å². The Bertz CT molecular complexity index is 1360. The van der Waals surface area contributed by atoms with Gasteiger partial charge in [0.2, 0.25) is 0 Å². The molecule has 1 fully saturated rings. The molecule has 0 atom stereocenters. The second-order valence-electron chi connectivity index (χ2n) is 7.62. The molecule has 0 N–H and O–H groups in total. The van der Waals surface area contributed by atoms with Gasteiger partial charge in [-0.25, -0.2) is 9.67 Å². The molecule has 0 radical (unpaired) electrons. The largest absolute Gasteiger partial charge is 0.378 e. The molecule has 6 rings (SSSR count). The zero-order valence-electron chi connectivity index (χ0n) is 17.4. The third-order valence-corrected chi connectivity index (χ3v) is 5.60. The first-order chi connectivity index (χ1) is 15.8. The van der Waals surface area contributed by atoms with Gasteiger partial charge in [0.25, 0.3) is 0 Å². The van der Waals surface area contributed by atoms with E-state index in [0.29, 0.717) is 13.2 Å². The minimum absolute atomic E-state index is 0.692. The lowest BCUT2D eigenvalue weighted by Crippen LogP contribution is -2.37. The van der Waals surface area contributed by atoms with Crippen LogP contribution in [0.15, 0.2) is 79.3 Å². The third kappa shape index (κ3) is 3.40. The lowest BCUT2D eigenvalue weighted by Gasteiger charge is -2.29. The molecule has 158 valence electrons. The van der Waals surface area contributed by atoms with Crippen molar-refractivity contribution in [1.29, 1.82) is 0 Å². The van der Waals surface area contributed by atoms with E-state index >= 15 is 0 Å². The molecule has 1 aliphatic heterocycles. The predicted octanol–water partition coefficient (Wildman–Crippen LogP) is 3.48. The fraction of sp³-hybridized carbons (Fsp3) is 0.167. The SMILES string of the molecule is c1ccc(-c2ccn(-c3cc(N4CCOCC4)n4nc(-c5ccncc5)cc4n3)n2)cc1. The van der Waals surface area contributed by atoms with Crippen molar-refractivity contribution in [3.05, 3.63) is 79.3 Å². The fourth-order valence-electron chi connectivity index (χ4n) is 3.96. The second kappa shape index (κ2) is 7.90. The predicted molar refractivity (Wildman–Crippen MR) is 122 cm³/mol. The Balaban J connectivity index is 1.48. The summed E-state index contributed by atoms with van der Waals surface area (Å²) in [6, 6.07) is 20.1. The van der Waals surface area contributed by atoms with Crippen LogP contribution in [-0.4, -0.2) is 55.7 Å². The van der Waals surface area contributed by atoms with Gasteiger partial charge in [0.1, 0.15) is 5.82 Å². The highest BCUT2D eigenvalue weighted by atomic mass is 16.5. The van der Waals surface area contributed by atoms with Crippen LogP contribution in [0, 0.1) is 0 Å². The Kier molecular flexibility index (Phi) is 4.62. The summed E-state index contributed by atoms with van der Waals surface area (Å²) in [6.07, 6.45) is 5.50. The maximum Gasteiger partial charge on any atom is 0.160 e. The van der Waals surface area contributed by atoms with Gasteiger partial charge in [0, 0.05) is 54.9 Å². The zero-order valence-corrected chi connectivity index (χ0v) is 17.4. The minimum atomic E-state index is 0.692. The summed E-state index contributed by atoms with van der Waals surface area (Å²) in [5.41, 5.74) is 4.62. The van der Waals surface area contributed by atoms with Gasteiger partial charge in [-0.15, -0.1) is 0 Å². The van der Waals surface area contributed by atoms with Crippen molar-refractivity contribution in [3.8, 4) is 28.3 Å². The summed E-state index contributed by atoms with van der Waals surface area (Å²) < 4.78 is 9.30. The molecule has 1 saturated heterocycles. The highest BCUT2D eigenvalue weighted by Gasteiger charge is 2.19. The van der Waals surface area contributed by atoms with Crippen molar-refractivity contribution in [3.63, 3.8) is 0 Å². The second-order valence-corrected chi connectivity index (χ2v) is 7.62. The highest BCUT2D eigenvalue weighted by Crippen LogP contribution is 2.26. The van der Waals surface area contributed by atoms with Gasteiger partial charge in [0.15, 0.2) is 11.5 Å². The van der Waals surface area contributed by atoms with E-state index in [4.69, 9.17) is 19.9 Å². The number of rotatable bonds is 4. The number of hydrogen-bond donors (Lipinski definition) is 0. The first-order valence-corrected chi connectivity index (χ1v) is 10.6. The van der Waals surface area contributed by atoms with E-state index in [0.717, 1.165) is 52.9 Å². The first kappa shape index (κ1) is 18.7. The summed E-state index contributed by atoms with van der Waals surface area (Å²) >= 11 is 0. The molecule has 4 aromatic heterocycles. The van der Waals surface area contributed by atoms with Crippen LogP contribution in [0.5, 0.6) is 0 Å². The fourth-order valence-corrected chi connectivity index (χ4v) is 3.96. The molecular formula is C24H21N7O. The van der Waals surface area contributed by atoms with Crippen LogP contribution in [-0.2, 0) is 4.74 Å². The number of morpholine rings is 1. The third-order valence-electron chi connectivity index (χ3n) is 5.60. The van der Waals surface area contributed by atoms with Gasteiger partial charge in [-0.1, -0.05) is 30.3 Å². The van der Waals surface area contributed by atoms with E-state index in [1.807, 2.05) is 63.9 Å². The molecule has 1 aromatic carbocycles. The standard InChI is InChI=1S/C24H21N7O/c1-2-4-18(5-3-1)20-8-11-30(27-20)22-17-24(29-12-14-32-15-13-29)31-23(26-22)16-21(28-31)19-6-9-25-10-7-19/h1-11,16-17H,12-15H2. The number of fused-ring (bicyclic) bond motifs is 1. The van der Waals surface area contributed by atoms with Crippen molar-refractivity contribution >= 4 is 11.5 Å². The van der Waals surface area contributed by atoms with Crippen LogP contribution < -0.4 is 4.90 Å². The van der Waals surface area contributed by atoms with Crippen molar-refractivity contribution in [2.45, 2.75) is 0 Å². The number of hydrogen-bond acceptors (Lipinski definition) is 6. The summed E-state index contributed by atoms with van der Waals surface area (Å²) in [6.45, 7) is 2.99. The van der Waals surface area contributed by atoms with Crippen molar-refractivity contribution < 1.29 is 4.74 Å². The maximum atomic E-state index is 5.56. The molecule has 0 spiro atoms. The van der Waals surface area contributed by atoms with E-state index < -0.39 is 0 Å². The number of anilines is 1. The van der Waals surface area contributed by atoms with Gasteiger partial charge in [0.05, 0.1) is 24.6 Å². The van der Waals surface area contributed by atoms with Gasteiger partial charge in [-0.3, -0.25) is 4.98 Å². The molecule has 5 heterocycles. The smallest absolute Gasteiger partial charge is 0.160 e. The number of nitrogens with zero attached hydrogens (tertiary/aromatic N) is 7. The van der Waals surface area contributed by atoms with Gasteiger partial charge in [-0.2, -0.15) is 14.7 Å². The molecule has 0 unspecified atom stereocenters. The monoisotopic (exact) mass is 423 g/mol. The average Bonchev–Trinajstić information content (AvgIpc) is 3.53. The molecule has 0 aliphatic carbocycles. The quantitative estimate of drug-likeness (QED) is 0.441. The van der Waals surface area contributed by atoms with E-state index in [-0.39, 0.29) is 0 Å². The Labute approximate surface area is 184 Å². The van der Waals surface area contributed by atoms with E-state index in [9.17, 15) is 0 Å². The minimum Gasteiger partial charge on any atom is -0.378 e. The van der Waals surface area contributed by atoms with Gasteiger partial charge in [-0.05, 0) is 18.2 Å². The Morgan fingerprint density at radius 2 is 1.56 bits per heavy atom. The number of ether oxygens (including phenoxy) is 1. The Morgan fingerprint density at radius 3 is 2.38 bits per heavy atom. The molecule has 8 nitrogen and oxygen atoms in total. The first-order valence-electron chi connectivity index (χ1n) is 10.6. The lowest BCUT2D eigenvalue weighted by atomic mass is 10.2. The van der Waals surface area contributed by atoms with E-state index in [1.165, 1.54) is 0 Å². The van der Waals surface area contributed by atoms with Gasteiger partial charge < -0.3 is 9.64 Å². The molecular weight excluding hydrogens is 402 g/mol. The van der Waals surface area contributed by atoms with Crippen LogP contribution >= 0.6 is 0 Å². The van der Waals surface area contributed by atoms with E-state index in [1.54, 1.807) is 12.4 Å². The van der Waals surface area contributed by atoms with E-state index in [2.05, 4.69) is 22.0 Å². The van der Waals surface area contributed by atoms with Crippen molar-refractivity contribution in [1.82, 2.24) is 29.4 Å². The van der Waals surface area contributed by atoms with Crippen LogP contribution in [0.2, 0.25) is 0 Å². The summed E-state index contributed by atoms with van der Waals surface area (Å²) in [5.74, 6) is 1.73. The van der Waals surface area contributed by atoms with Crippen LogP contribution in [0.3, 0.4) is 0 Å².